The van der Waals surface area contributed by atoms with E-state index in [2.05, 4.69) is 10.3 Å². The molecule has 20 heavy (non-hydrogen) atoms. The number of rotatable bonds is 1. The van der Waals surface area contributed by atoms with Crippen LogP contribution in [-0.2, 0) is 5.41 Å². The molecule has 1 amide bonds. The number of carboxylic acids is 1. The maximum atomic E-state index is 12.0. The molecular weight excluding hydrogens is 256 g/mol. The van der Waals surface area contributed by atoms with Gasteiger partial charge < -0.3 is 15.4 Å². The lowest BCUT2D eigenvalue weighted by atomic mass is 9.62. The van der Waals surface area contributed by atoms with Crippen molar-refractivity contribution < 1.29 is 14.7 Å². The smallest absolute Gasteiger partial charge is 0.335 e. The fourth-order valence-corrected chi connectivity index (χ4v) is 3.50. The predicted octanol–water partition coefficient (Wildman–Crippen LogP) is 2.03. The average molecular weight is 270 g/mol. The molecule has 2 heterocycles. The van der Waals surface area contributed by atoms with Gasteiger partial charge in [-0.15, -0.1) is 0 Å². The van der Waals surface area contributed by atoms with Gasteiger partial charge in [-0.1, -0.05) is 6.42 Å². The number of carbonyl (C=O) groups is 2. The fraction of sp³-hybridized carbons (Fsp3) is 0.333. The van der Waals surface area contributed by atoms with Crippen LogP contribution in [0.2, 0.25) is 0 Å². The van der Waals surface area contributed by atoms with Crippen LogP contribution in [0, 0.1) is 0 Å². The first-order chi connectivity index (χ1) is 9.61. The van der Waals surface area contributed by atoms with Crippen molar-refractivity contribution in [3.63, 3.8) is 0 Å². The lowest BCUT2D eigenvalue weighted by Crippen LogP contribution is -2.50. The van der Waals surface area contributed by atoms with Gasteiger partial charge in [-0.05, 0) is 36.6 Å². The number of benzene rings is 1. The Morgan fingerprint density at radius 2 is 2.10 bits per heavy atom. The molecular formula is C15H14N2O3. The Morgan fingerprint density at radius 1 is 1.30 bits per heavy atom. The molecule has 3 N–H and O–H groups in total. The Kier molecular flexibility index (Phi) is 2.09. The summed E-state index contributed by atoms with van der Waals surface area (Å²) in [5, 5.41) is 13.0. The number of amides is 1. The number of nitrogens with one attached hydrogen (secondary N) is 2. The maximum Gasteiger partial charge on any atom is 0.335 e. The van der Waals surface area contributed by atoms with Crippen molar-refractivity contribution in [1.82, 2.24) is 10.3 Å². The highest BCUT2D eigenvalue weighted by molar-refractivity contribution is 6.05. The molecule has 5 nitrogen and oxygen atoms in total. The Morgan fingerprint density at radius 3 is 2.75 bits per heavy atom. The zero-order valence-corrected chi connectivity index (χ0v) is 10.8. The molecule has 102 valence electrons. The third-order valence-corrected chi connectivity index (χ3v) is 4.70. The van der Waals surface area contributed by atoms with Gasteiger partial charge in [0, 0.05) is 22.9 Å². The van der Waals surface area contributed by atoms with Gasteiger partial charge in [-0.3, -0.25) is 4.79 Å². The largest absolute Gasteiger partial charge is 0.478 e. The number of hydrogen-bond donors (Lipinski definition) is 3. The summed E-state index contributed by atoms with van der Waals surface area (Å²) in [6.07, 6.45) is 3.25. The first-order valence-corrected chi connectivity index (χ1v) is 6.78. The van der Waals surface area contributed by atoms with Crippen LogP contribution < -0.4 is 5.32 Å². The van der Waals surface area contributed by atoms with Crippen LogP contribution in [0.4, 0.5) is 0 Å². The van der Waals surface area contributed by atoms with Crippen LogP contribution in [0.3, 0.4) is 0 Å². The normalized spacial score (nSPS) is 19.5. The van der Waals surface area contributed by atoms with Crippen LogP contribution in [0.25, 0.3) is 10.9 Å². The van der Waals surface area contributed by atoms with Crippen molar-refractivity contribution in [3.8, 4) is 0 Å². The van der Waals surface area contributed by atoms with Crippen LogP contribution in [0.5, 0.6) is 0 Å². The summed E-state index contributed by atoms with van der Waals surface area (Å²) >= 11 is 0. The monoisotopic (exact) mass is 270 g/mol. The molecule has 2 aliphatic rings. The Balaban J connectivity index is 2.03. The van der Waals surface area contributed by atoms with Crippen molar-refractivity contribution in [2.24, 2.45) is 0 Å². The van der Waals surface area contributed by atoms with Crippen molar-refractivity contribution in [2.45, 2.75) is 24.7 Å². The Bertz CT molecular complexity index is 756. The molecule has 0 radical (unpaired) electrons. The number of aromatic amines is 1. The van der Waals surface area contributed by atoms with E-state index in [1.165, 1.54) is 0 Å². The van der Waals surface area contributed by atoms with Gasteiger partial charge in [0.05, 0.1) is 5.56 Å². The van der Waals surface area contributed by atoms with E-state index in [1.54, 1.807) is 18.2 Å². The molecule has 1 aliphatic heterocycles. The maximum absolute atomic E-state index is 12.0. The molecule has 0 atom stereocenters. The van der Waals surface area contributed by atoms with E-state index in [1.807, 2.05) is 0 Å². The molecule has 5 heteroatoms. The van der Waals surface area contributed by atoms with Crippen LogP contribution in [0.15, 0.2) is 18.2 Å². The second-order valence-electron chi connectivity index (χ2n) is 5.76. The van der Waals surface area contributed by atoms with Gasteiger partial charge >= 0.3 is 5.97 Å². The molecule has 0 saturated heterocycles. The van der Waals surface area contributed by atoms with Crippen molar-refractivity contribution in [1.29, 1.82) is 0 Å². The lowest BCUT2D eigenvalue weighted by Gasteiger charge is -2.45. The van der Waals surface area contributed by atoms with Gasteiger partial charge in [-0.2, -0.15) is 0 Å². The molecule has 1 saturated carbocycles. The predicted molar refractivity (Wildman–Crippen MR) is 73.1 cm³/mol. The first-order valence-electron chi connectivity index (χ1n) is 6.78. The second kappa shape index (κ2) is 3.62. The summed E-state index contributed by atoms with van der Waals surface area (Å²) in [5.41, 5.74) is 2.72. The van der Waals surface area contributed by atoms with E-state index >= 15 is 0 Å². The van der Waals surface area contributed by atoms with Gasteiger partial charge in [0.2, 0.25) is 0 Å². The minimum Gasteiger partial charge on any atom is -0.478 e. The molecule has 1 aromatic carbocycles. The fourth-order valence-electron chi connectivity index (χ4n) is 3.50. The molecule has 4 rings (SSSR count). The van der Waals surface area contributed by atoms with Gasteiger partial charge in [0.1, 0.15) is 5.69 Å². The Labute approximate surface area is 115 Å². The van der Waals surface area contributed by atoms with Crippen molar-refractivity contribution >= 4 is 22.8 Å². The van der Waals surface area contributed by atoms with E-state index in [-0.39, 0.29) is 16.9 Å². The highest BCUT2D eigenvalue weighted by Crippen LogP contribution is 2.49. The quantitative estimate of drug-likeness (QED) is 0.741. The van der Waals surface area contributed by atoms with E-state index in [0.717, 1.165) is 35.7 Å². The van der Waals surface area contributed by atoms with E-state index in [4.69, 9.17) is 5.11 Å². The first kappa shape index (κ1) is 11.5. The summed E-state index contributed by atoms with van der Waals surface area (Å²) in [6, 6.07) is 5.00. The zero-order valence-electron chi connectivity index (χ0n) is 10.8. The second-order valence-corrected chi connectivity index (χ2v) is 5.76. The van der Waals surface area contributed by atoms with Crippen LogP contribution in [-0.4, -0.2) is 28.5 Å². The summed E-state index contributed by atoms with van der Waals surface area (Å²) in [5.74, 6) is -1.03. The molecule has 1 fully saturated rings. The summed E-state index contributed by atoms with van der Waals surface area (Å²) in [6.45, 7) is 0.656. The topological polar surface area (TPSA) is 82.2 Å². The molecule has 0 unspecified atom stereocenters. The molecule has 1 aliphatic carbocycles. The van der Waals surface area contributed by atoms with Gasteiger partial charge in [0.25, 0.3) is 5.91 Å². The van der Waals surface area contributed by atoms with Crippen molar-refractivity contribution in [3.05, 3.63) is 35.0 Å². The zero-order chi connectivity index (χ0) is 13.9. The minimum atomic E-state index is -0.940. The SMILES string of the molecule is O=C(O)c1ccc2[nH]c3c(c2c1)C1(CCC1)CNC3=O. The lowest BCUT2D eigenvalue weighted by molar-refractivity contribution is 0.0696. The Hall–Kier alpha value is -2.30. The van der Waals surface area contributed by atoms with Crippen molar-refractivity contribution in [2.75, 3.05) is 6.54 Å². The van der Waals surface area contributed by atoms with E-state index in [0.29, 0.717) is 12.2 Å². The number of fused-ring (bicyclic) bond motifs is 4. The van der Waals surface area contributed by atoms with Crippen LogP contribution in [0.1, 0.15) is 45.7 Å². The highest BCUT2D eigenvalue weighted by atomic mass is 16.4. The van der Waals surface area contributed by atoms with Crippen LogP contribution >= 0.6 is 0 Å². The van der Waals surface area contributed by atoms with E-state index < -0.39 is 5.97 Å². The molecule has 1 aromatic heterocycles. The van der Waals surface area contributed by atoms with Gasteiger partial charge in [-0.25, -0.2) is 4.79 Å². The molecule has 1 spiro atoms. The molecule has 2 aromatic rings. The molecule has 0 bridgehead atoms. The third kappa shape index (κ3) is 1.32. The summed E-state index contributed by atoms with van der Waals surface area (Å²) in [4.78, 5) is 26.3. The number of carbonyl (C=O) groups excluding carboxylic acids is 1. The number of aromatic nitrogens is 1. The minimum absolute atomic E-state index is 0.00137. The number of hydrogen-bond acceptors (Lipinski definition) is 2. The van der Waals surface area contributed by atoms with E-state index in [9.17, 15) is 9.59 Å². The highest BCUT2D eigenvalue weighted by Gasteiger charge is 2.46. The third-order valence-electron chi connectivity index (χ3n) is 4.70. The number of H-pyrrole nitrogens is 1. The summed E-state index contributed by atoms with van der Waals surface area (Å²) in [7, 11) is 0. The average Bonchev–Trinajstić information content (AvgIpc) is 2.77. The van der Waals surface area contributed by atoms with Gasteiger partial charge in [0.15, 0.2) is 0 Å². The number of carboxylic acid groups (broad SMARTS) is 1. The summed E-state index contributed by atoms with van der Waals surface area (Å²) < 4.78 is 0. The number of aromatic carboxylic acids is 1. The standard InChI is InChI=1S/C15H14N2O3/c18-13-12-11(15(7-16-13)4-1-5-15)9-6-8(14(19)20)2-3-10(9)17-12/h2-3,6,17H,1,4-5,7H2,(H,16,18)(H,19,20).